The second-order valence-electron chi connectivity index (χ2n) is 7.30. The number of benzene rings is 2. The van der Waals surface area contributed by atoms with Gasteiger partial charge in [0.05, 0.1) is 12.0 Å². The molecule has 1 saturated heterocycles. The highest BCUT2D eigenvalue weighted by Gasteiger charge is 2.28. The molecular weight excluding hydrogens is 324 g/mol. The number of nitrogens with zero attached hydrogens (tertiary/aromatic N) is 1. The molecule has 2 aliphatic heterocycles. The Kier molecular flexibility index (Phi) is 5.21. The third-order valence-corrected chi connectivity index (χ3v) is 5.41. The van der Waals surface area contributed by atoms with Gasteiger partial charge in [0.25, 0.3) is 0 Å². The van der Waals surface area contributed by atoms with Gasteiger partial charge in [-0.05, 0) is 49.5 Å². The summed E-state index contributed by atoms with van der Waals surface area (Å²) in [6, 6.07) is 18.3. The van der Waals surface area contributed by atoms with Crippen molar-refractivity contribution in [2.24, 2.45) is 5.92 Å². The van der Waals surface area contributed by atoms with Crippen LogP contribution in [0.25, 0.3) is 0 Å². The summed E-state index contributed by atoms with van der Waals surface area (Å²) >= 11 is 0. The molecule has 2 aromatic rings. The average Bonchev–Trinajstić information content (AvgIpc) is 3.21. The van der Waals surface area contributed by atoms with E-state index in [4.69, 9.17) is 4.74 Å². The Morgan fingerprint density at radius 1 is 1.08 bits per heavy atom. The predicted octanol–water partition coefficient (Wildman–Crippen LogP) is 3.19. The smallest absolute Gasteiger partial charge is 0.227 e. The number of carbonyl (C=O) groups excluding carboxylic acids is 1. The van der Waals surface area contributed by atoms with E-state index in [0.717, 1.165) is 37.4 Å². The molecule has 0 spiro atoms. The van der Waals surface area contributed by atoms with Crippen molar-refractivity contribution in [3.05, 3.63) is 65.7 Å². The van der Waals surface area contributed by atoms with Gasteiger partial charge >= 0.3 is 0 Å². The van der Waals surface area contributed by atoms with Crippen molar-refractivity contribution in [2.45, 2.75) is 25.3 Å². The van der Waals surface area contributed by atoms with Crippen LogP contribution in [0.5, 0.6) is 5.75 Å². The monoisotopic (exact) mass is 350 g/mol. The lowest BCUT2D eigenvalue weighted by Gasteiger charge is -2.29. The average molecular weight is 350 g/mol. The van der Waals surface area contributed by atoms with Gasteiger partial charge in [0.1, 0.15) is 12.4 Å². The van der Waals surface area contributed by atoms with Gasteiger partial charge in [0, 0.05) is 6.54 Å². The molecule has 2 aromatic carbocycles. The number of ether oxygens (including phenoxy) is 1. The summed E-state index contributed by atoms with van der Waals surface area (Å²) in [5, 5.41) is 3.30. The molecule has 136 valence electrons. The minimum Gasteiger partial charge on any atom is -0.492 e. The van der Waals surface area contributed by atoms with E-state index in [1.54, 1.807) is 0 Å². The van der Waals surface area contributed by atoms with Crippen LogP contribution in [0.1, 0.15) is 30.0 Å². The van der Waals surface area contributed by atoms with E-state index < -0.39 is 0 Å². The molecule has 1 fully saturated rings. The predicted molar refractivity (Wildman–Crippen MR) is 102 cm³/mol. The zero-order valence-corrected chi connectivity index (χ0v) is 15.1. The van der Waals surface area contributed by atoms with Crippen LogP contribution < -0.4 is 10.1 Å². The number of rotatable bonds is 5. The van der Waals surface area contributed by atoms with Gasteiger partial charge in [-0.3, -0.25) is 4.79 Å². The number of fused-ring (bicyclic) bond motifs is 1. The molecule has 0 saturated carbocycles. The first kappa shape index (κ1) is 17.1. The number of likely N-dealkylation sites (tertiary alicyclic amines) is 1. The lowest BCUT2D eigenvalue weighted by Crippen LogP contribution is -2.42. The topological polar surface area (TPSA) is 41.6 Å². The van der Waals surface area contributed by atoms with Gasteiger partial charge in [-0.1, -0.05) is 48.5 Å². The first-order valence-electron chi connectivity index (χ1n) is 9.58. The van der Waals surface area contributed by atoms with Crippen molar-refractivity contribution in [2.75, 3.05) is 26.2 Å². The van der Waals surface area contributed by atoms with Crippen LogP contribution >= 0.6 is 0 Å². The van der Waals surface area contributed by atoms with Gasteiger partial charge in [0.2, 0.25) is 5.91 Å². The van der Waals surface area contributed by atoms with E-state index in [1.165, 1.54) is 18.4 Å². The maximum absolute atomic E-state index is 13.0. The van der Waals surface area contributed by atoms with Crippen LogP contribution in [0.3, 0.4) is 0 Å². The Labute approximate surface area is 155 Å². The van der Waals surface area contributed by atoms with E-state index in [-0.39, 0.29) is 17.9 Å². The second-order valence-corrected chi connectivity index (χ2v) is 7.30. The molecule has 2 heterocycles. The Bertz CT molecular complexity index is 741. The quantitative estimate of drug-likeness (QED) is 0.900. The summed E-state index contributed by atoms with van der Waals surface area (Å²) in [4.78, 5) is 15.4. The summed E-state index contributed by atoms with van der Waals surface area (Å²) in [6.07, 6.45) is 3.25. The van der Waals surface area contributed by atoms with E-state index in [1.807, 2.05) is 42.5 Å². The molecule has 1 amide bonds. The molecule has 0 radical (unpaired) electrons. The van der Waals surface area contributed by atoms with Gasteiger partial charge in [-0.15, -0.1) is 0 Å². The number of para-hydroxylation sites is 1. The van der Waals surface area contributed by atoms with E-state index in [9.17, 15) is 4.79 Å². The molecule has 2 atom stereocenters. The molecule has 4 nitrogen and oxygen atoms in total. The van der Waals surface area contributed by atoms with Crippen LogP contribution in [-0.4, -0.2) is 37.0 Å². The SMILES string of the molecule is O=C(NC(CN1CCCC1)c1ccccc1)C1COc2ccccc2C1. The van der Waals surface area contributed by atoms with Crippen LogP contribution in [0, 0.1) is 5.92 Å². The van der Waals surface area contributed by atoms with Crippen LogP contribution in [-0.2, 0) is 11.2 Å². The first-order valence-corrected chi connectivity index (χ1v) is 9.58. The fourth-order valence-electron chi connectivity index (χ4n) is 3.93. The molecule has 0 aromatic heterocycles. The molecule has 2 unspecified atom stereocenters. The van der Waals surface area contributed by atoms with Crippen LogP contribution in [0.4, 0.5) is 0 Å². The van der Waals surface area contributed by atoms with Crippen molar-refractivity contribution in [3.63, 3.8) is 0 Å². The highest BCUT2D eigenvalue weighted by Crippen LogP contribution is 2.27. The summed E-state index contributed by atoms with van der Waals surface area (Å²) in [6.45, 7) is 3.58. The number of nitrogens with one attached hydrogen (secondary N) is 1. The summed E-state index contributed by atoms with van der Waals surface area (Å²) in [7, 11) is 0. The van der Waals surface area contributed by atoms with E-state index >= 15 is 0 Å². The van der Waals surface area contributed by atoms with E-state index in [0.29, 0.717) is 6.61 Å². The Morgan fingerprint density at radius 3 is 2.62 bits per heavy atom. The third kappa shape index (κ3) is 3.91. The number of hydrogen-bond donors (Lipinski definition) is 1. The van der Waals surface area contributed by atoms with Crippen molar-refractivity contribution in [3.8, 4) is 5.75 Å². The zero-order valence-electron chi connectivity index (χ0n) is 15.1. The zero-order chi connectivity index (χ0) is 17.8. The van der Waals surface area contributed by atoms with Crippen LogP contribution in [0.15, 0.2) is 54.6 Å². The summed E-state index contributed by atoms with van der Waals surface area (Å²) in [5.74, 6) is 0.871. The second kappa shape index (κ2) is 7.92. The summed E-state index contributed by atoms with van der Waals surface area (Å²) in [5.41, 5.74) is 2.29. The van der Waals surface area contributed by atoms with Gasteiger partial charge in [0.15, 0.2) is 0 Å². The number of carbonyl (C=O) groups is 1. The van der Waals surface area contributed by atoms with Crippen molar-refractivity contribution < 1.29 is 9.53 Å². The van der Waals surface area contributed by atoms with Crippen LogP contribution in [0.2, 0.25) is 0 Å². The minimum atomic E-state index is -0.130. The maximum Gasteiger partial charge on any atom is 0.227 e. The highest BCUT2D eigenvalue weighted by molar-refractivity contribution is 5.80. The lowest BCUT2D eigenvalue weighted by molar-refractivity contribution is -0.127. The van der Waals surface area contributed by atoms with Gasteiger partial charge < -0.3 is 15.0 Å². The fraction of sp³-hybridized carbons (Fsp3) is 0.409. The highest BCUT2D eigenvalue weighted by atomic mass is 16.5. The molecule has 0 bridgehead atoms. The molecule has 1 N–H and O–H groups in total. The van der Waals surface area contributed by atoms with Gasteiger partial charge in [-0.2, -0.15) is 0 Å². The molecule has 0 aliphatic carbocycles. The van der Waals surface area contributed by atoms with Crippen molar-refractivity contribution in [1.82, 2.24) is 10.2 Å². The maximum atomic E-state index is 13.0. The first-order chi connectivity index (χ1) is 12.8. The number of amides is 1. The normalized spacial score (nSPS) is 20.8. The molecule has 4 rings (SSSR count). The fourth-order valence-corrected chi connectivity index (χ4v) is 3.93. The Hall–Kier alpha value is -2.33. The molecule has 2 aliphatic rings. The van der Waals surface area contributed by atoms with Gasteiger partial charge in [-0.25, -0.2) is 0 Å². The van der Waals surface area contributed by atoms with Crippen molar-refractivity contribution >= 4 is 5.91 Å². The van der Waals surface area contributed by atoms with Crippen molar-refractivity contribution in [1.29, 1.82) is 0 Å². The lowest BCUT2D eigenvalue weighted by atomic mass is 9.95. The largest absolute Gasteiger partial charge is 0.492 e. The molecule has 4 heteroatoms. The third-order valence-electron chi connectivity index (χ3n) is 5.41. The Balaban J connectivity index is 1.45. The number of hydrogen-bond acceptors (Lipinski definition) is 3. The Morgan fingerprint density at radius 2 is 1.81 bits per heavy atom. The standard InChI is InChI=1S/C22H26N2O2/c25-22(19-14-18-10-4-5-11-21(18)26-16-19)23-20(15-24-12-6-7-13-24)17-8-2-1-3-9-17/h1-5,8-11,19-20H,6-7,12-16H2,(H,23,25). The summed E-state index contributed by atoms with van der Waals surface area (Å²) < 4.78 is 5.81. The molecular formula is C22H26N2O2. The molecule has 26 heavy (non-hydrogen) atoms. The van der Waals surface area contributed by atoms with E-state index in [2.05, 4.69) is 22.3 Å². The minimum absolute atomic E-state index is 0.0268.